The molecule has 6 nitrogen and oxygen atoms in total. The van der Waals surface area contributed by atoms with Gasteiger partial charge < -0.3 is 19.9 Å². The van der Waals surface area contributed by atoms with Crippen molar-refractivity contribution >= 4 is 22.5 Å². The monoisotopic (exact) mass is 405 g/mol. The van der Waals surface area contributed by atoms with E-state index in [1.165, 1.54) is 11.3 Å². The van der Waals surface area contributed by atoms with E-state index in [0.29, 0.717) is 0 Å². The molecule has 0 radical (unpaired) electrons. The van der Waals surface area contributed by atoms with Gasteiger partial charge in [-0.15, -0.1) is 0 Å². The number of nitrogens with zero attached hydrogens (tertiary/aromatic N) is 4. The molecule has 0 saturated carbocycles. The van der Waals surface area contributed by atoms with E-state index in [9.17, 15) is 4.39 Å². The van der Waals surface area contributed by atoms with Crippen LogP contribution in [0.2, 0.25) is 0 Å². The van der Waals surface area contributed by atoms with Gasteiger partial charge in [-0.1, -0.05) is 0 Å². The Kier molecular flexibility index (Phi) is 4.23. The second kappa shape index (κ2) is 7.09. The molecule has 1 unspecified atom stereocenters. The molecule has 6 rings (SSSR count). The Hall–Kier alpha value is -2.93. The molecule has 1 saturated heterocycles. The minimum Gasteiger partial charge on any atom is -0.378 e. The quantitative estimate of drug-likeness (QED) is 0.828. The summed E-state index contributed by atoms with van der Waals surface area (Å²) < 4.78 is 19.1. The minimum absolute atomic E-state index is 0.134. The van der Waals surface area contributed by atoms with E-state index in [2.05, 4.69) is 33.3 Å². The van der Waals surface area contributed by atoms with E-state index in [1.54, 1.807) is 12.2 Å². The van der Waals surface area contributed by atoms with Crippen LogP contribution in [0.1, 0.15) is 12.8 Å². The van der Waals surface area contributed by atoms with Crippen molar-refractivity contribution in [1.29, 1.82) is 0 Å². The number of aromatic nitrogens is 2. The number of pyridine rings is 2. The number of hydrogen-bond acceptors (Lipinski definition) is 6. The van der Waals surface area contributed by atoms with Crippen LogP contribution in [0.15, 0.2) is 59.3 Å². The number of rotatable bonds is 2. The fourth-order valence-electron chi connectivity index (χ4n) is 4.88. The largest absolute Gasteiger partial charge is 0.378 e. The predicted octanol–water partition coefficient (Wildman–Crippen LogP) is 3.29. The van der Waals surface area contributed by atoms with Crippen molar-refractivity contribution in [2.45, 2.75) is 12.8 Å². The SMILES string of the molecule is FC1=CCC2C(=C1)NC1=C2CN(c2cc3ccc(N4CCOCC4)nc3cn2)CC1. The molecule has 0 bridgehead atoms. The van der Waals surface area contributed by atoms with Gasteiger partial charge in [0.25, 0.3) is 0 Å². The molecule has 2 aromatic rings. The van der Waals surface area contributed by atoms with Crippen LogP contribution in [0, 0.1) is 5.92 Å². The topological polar surface area (TPSA) is 53.5 Å². The Morgan fingerprint density at radius 1 is 1.10 bits per heavy atom. The van der Waals surface area contributed by atoms with Crippen LogP contribution < -0.4 is 15.1 Å². The molecule has 1 N–H and O–H groups in total. The van der Waals surface area contributed by atoms with E-state index in [4.69, 9.17) is 14.7 Å². The minimum atomic E-state index is -0.134. The molecule has 5 heterocycles. The summed E-state index contributed by atoms with van der Waals surface area (Å²) in [6.45, 7) is 4.98. The second-order valence-electron chi connectivity index (χ2n) is 8.28. The summed E-state index contributed by atoms with van der Waals surface area (Å²) in [6.07, 6.45) is 6.88. The smallest absolute Gasteiger partial charge is 0.129 e. The third-order valence-electron chi connectivity index (χ3n) is 6.52. The van der Waals surface area contributed by atoms with Gasteiger partial charge in [-0.05, 0) is 42.3 Å². The zero-order valence-electron chi connectivity index (χ0n) is 16.8. The Balaban J connectivity index is 1.24. The third-order valence-corrected chi connectivity index (χ3v) is 6.52. The number of morpholine rings is 1. The lowest BCUT2D eigenvalue weighted by Gasteiger charge is -2.31. The Morgan fingerprint density at radius 2 is 2.00 bits per heavy atom. The number of anilines is 2. The van der Waals surface area contributed by atoms with Crippen molar-refractivity contribution in [2.75, 3.05) is 49.2 Å². The molecule has 0 aromatic carbocycles. The average molecular weight is 405 g/mol. The molecule has 3 aliphatic heterocycles. The summed E-state index contributed by atoms with van der Waals surface area (Å²) in [5, 5.41) is 4.56. The lowest BCUT2D eigenvalue weighted by molar-refractivity contribution is 0.122. The van der Waals surface area contributed by atoms with E-state index >= 15 is 0 Å². The van der Waals surface area contributed by atoms with Crippen LogP contribution >= 0.6 is 0 Å². The molecule has 0 spiro atoms. The van der Waals surface area contributed by atoms with E-state index in [-0.39, 0.29) is 11.7 Å². The van der Waals surface area contributed by atoms with Crippen molar-refractivity contribution in [2.24, 2.45) is 5.92 Å². The summed E-state index contributed by atoms with van der Waals surface area (Å²) >= 11 is 0. The molecule has 4 aliphatic rings. The first-order valence-corrected chi connectivity index (χ1v) is 10.7. The molecule has 2 aromatic heterocycles. The molecule has 154 valence electrons. The molecule has 7 heteroatoms. The normalized spacial score (nSPS) is 23.7. The summed E-state index contributed by atoms with van der Waals surface area (Å²) in [4.78, 5) is 14.1. The first-order chi connectivity index (χ1) is 14.7. The molecule has 1 atom stereocenters. The lowest BCUT2D eigenvalue weighted by Crippen LogP contribution is -2.36. The summed E-state index contributed by atoms with van der Waals surface area (Å²) in [6, 6.07) is 6.37. The van der Waals surface area contributed by atoms with Gasteiger partial charge in [0.2, 0.25) is 0 Å². The molecular formula is C23H24FN5O. The zero-order chi connectivity index (χ0) is 20.1. The molecular weight excluding hydrogens is 381 g/mol. The van der Waals surface area contributed by atoms with Crippen molar-refractivity contribution in [3.05, 3.63) is 59.3 Å². The zero-order valence-corrected chi connectivity index (χ0v) is 16.8. The van der Waals surface area contributed by atoms with Gasteiger partial charge >= 0.3 is 0 Å². The first-order valence-electron chi connectivity index (χ1n) is 10.7. The van der Waals surface area contributed by atoms with Crippen LogP contribution in [0.5, 0.6) is 0 Å². The highest BCUT2D eigenvalue weighted by atomic mass is 19.1. The lowest BCUT2D eigenvalue weighted by atomic mass is 9.89. The average Bonchev–Trinajstić information content (AvgIpc) is 3.15. The van der Waals surface area contributed by atoms with Gasteiger partial charge in [0.05, 0.1) is 24.9 Å². The van der Waals surface area contributed by atoms with Gasteiger partial charge in [0.1, 0.15) is 17.5 Å². The first kappa shape index (κ1) is 17.9. The van der Waals surface area contributed by atoms with Crippen LogP contribution in [0.25, 0.3) is 10.9 Å². The number of ether oxygens (including phenoxy) is 1. The van der Waals surface area contributed by atoms with Crippen LogP contribution in [-0.2, 0) is 4.74 Å². The maximum atomic E-state index is 13.6. The standard InChI is InChI=1S/C23H24FN5O/c24-16-2-3-17-18-14-29(6-5-19(18)26-20(17)12-16)23-11-15-1-4-22(27-21(15)13-25-23)28-7-9-30-10-8-28/h1-2,4,11-13,17,26H,3,5-10,14H2. The Morgan fingerprint density at radius 3 is 2.90 bits per heavy atom. The van der Waals surface area contributed by atoms with Crippen LogP contribution in [0.4, 0.5) is 16.0 Å². The van der Waals surface area contributed by atoms with Gasteiger partial charge in [0.15, 0.2) is 0 Å². The van der Waals surface area contributed by atoms with Crippen LogP contribution in [-0.4, -0.2) is 49.4 Å². The third kappa shape index (κ3) is 3.04. The van der Waals surface area contributed by atoms with Gasteiger partial charge in [-0.3, -0.25) is 0 Å². The summed E-state index contributed by atoms with van der Waals surface area (Å²) in [5.74, 6) is 2.11. The molecule has 1 aliphatic carbocycles. The number of halogens is 1. The van der Waals surface area contributed by atoms with Crippen molar-refractivity contribution in [1.82, 2.24) is 15.3 Å². The fraction of sp³-hybridized carbons (Fsp3) is 0.391. The molecule has 30 heavy (non-hydrogen) atoms. The number of hydrogen-bond donors (Lipinski definition) is 1. The Labute approximate surface area is 174 Å². The highest BCUT2D eigenvalue weighted by molar-refractivity contribution is 5.82. The molecule has 0 amide bonds. The Bertz CT molecular complexity index is 1100. The van der Waals surface area contributed by atoms with Crippen molar-refractivity contribution < 1.29 is 9.13 Å². The maximum absolute atomic E-state index is 13.6. The number of nitrogens with one attached hydrogen (secondary N) is 1. The van der Waals surface area contributed by atoms with Crippen molar-refractivity contribution in [3.63, 3.8) is 0 Å². The van der Waals surface area contributed by atoms with E-state index < -0.39 is 0 Å². The van der Waals surface area contributed by atoms with Crippen molar-refractivity contribution in [3.8, 4) is 0 Å². The number of fused-ring (bicyclic) bond motifs is 3. The van der Waals surface area contributed by atoms with E-state index in [1.807, 2.05) is 6.20 Å². The van der Waals surface area contributed by atoms with E-state index in [0.717, 1.165) is 80.5 Å². The van der Waals surface area contributed by atoms with Crippen LogP contribution in [0.3, 0.4) is 0 Å². The second-order valence-corrected chi connectivity index (χ2v) is 8.28. The maximum Gasteiger partial charge on any atom is 0.129 e. The highest BCUT2D eigenvalue weighted by Crippen LogP contribution is 2.40. The predicted molar refractivity (Wildman–Crippen MR) is 115 cm³/mol. The van der Waals surface area contributed by atoms with Gasteiger partial charge in [-0.2, -0.15) is 0 Å². The highest BCUT2D eigenvalue weighted by Gasteiger charge is 2.34. The van der Waals surface area contributed by atoms with Gasteiger partial charge in [0, 0.05) is 55.3 Å². The summed E-state index contributed by atoms with van der Waals surface area (Å²) in [5.41, 5.74) is 4.57. The summed E-state index contributed by atoms with van der Waals surface area (Å²) in [7, 11) is 0. The fourth-order valence-corrected chi connectivity index (χ4v) is 4.88. The van der Waals surface area contributed by atoms with Gasteiger partial charge in [-0.25, -0.2) is 14.4 Å². The number of allylic oxidation sites excluding steroid dienone is 4. The molecule has 1 fully saturated rings.